The molecule has 5 N–H and O–H groups in total. The highest BCUT2D eigenvalue weighted by atomic mass is 14.9. The molecule has 4 nitrogen and oxygen atoms in total. The SMILES string of the molecule is CCc1cccc(C)c1-c1ccc2nc(CCC(N)(CC)CC)ncc2c1.N. The molecule has 0 bridgehead atoms. The van der Waals surface area contributed by atoms with Gasteiger partial charge in [-0.05, 0) is 67.0 Å². The zero-order valence-corrected chi connectivity index (χ0v) is 17.8. The van der Waals surface area contributed by atoms with Crippen molar-refractivity contribution in [3.8, 4) is 11.1 Å². The highest BCUT2D eigenvalue weighted by Crippen LogP contribution is 2.30. The van der Waals surface area contributed by atoms with Crippen LogP contribution >= 0.6 is 0 Å². The van der Waals surface area contributed by atoms with Crippen LogP contribution in [0.4, 0.5) is 0 Å². The monoisotopic (exact) mass is 378 g/mol. The zero-order chi connectivity index (χ0) is 19.4. The third kappa shape index (κ3) is 4.57. The maximum absolute atomic E-state index is 6.43. The van der Waals surface area contributed by atoms with Gasteiger partial charge in [0, 0.05) is 23.5 Å². The van der Waals surface area contributed by atoms with Crippen LogP contribution in [0.25, 0.3) is 22.0 Å². The van der Waals surface area contributed by atoms with Gasteiger partial charge in [-0.1, -0.05) is 45.0 Å². The van der Waals surface area contributed by atoms with Gasteiger partial charge in [-0.25, -0.2) is 9.97 Å². The van der Waals surface area contributed by atoms with Gasteiger partial charge >= 0.3 is 0 Å². The summed E-state index contributed by atoms with van der Waals surface area (Å²) >= 11 is 0. The molecule has 0 unspecified atom stereocenters. The van der Waals surface area contributed by atoms with E-state index in [0.717, 1.165) is 48.8 Å². The molecular formula is C24H34N4. The van der Waals surface area contributed by atoms with Crippen LogP contribution in [0.2, 0.25) is 0 Å². The lowest BCUT2D eigenvalue weighted by molar-refractivity contribution is 0.364. The highest BCUT2D eigenvalue weighted by molar-refractivity contribution is 5.85. The number of hydrogen-bond donors (Lipinski definition) is 2. The summed E-state index contributed by atoms with van der Waals surface area (Å²) in [6.45, 7) is 8.70. The average Bonchev–Trinajstić information content (AvgIpc) is 2.71. The molecule has 28 heavy (non-hydrogen) atoms. The van der Waals surface area contributed by atoms with E-state index in [-0.39, 0.29) is 11.7 Å². The van der Waals surface area contributed by atoms with Crippen molar-refractivity contribution in [2.24, 2.45) is 5.73 Å². The van der Waals surface area contributed by atoms with Crippen LogP contribution in [0.3, 0.4) is 0 Å². The van der Waals surface area contributed by atoms with Crippen molar-refractivity contribution < 1.29 is 0 Å². The van der Waals surface area contributed by atoms with Crippen LogP contribution in [0, 0.1) is 6.92 Å². The van der Waals surface area contributed by atoms with Gasteiger partial charge in [-0.2, -0.15) is 0 Å². The predicted octanol–water partition coefficient (Wildman–Crippen LogP) is 5.78. The van der Waals surface area contributed by atoms with E-state index in [2.05, 4.69) is 69.1 Å². The number of nitrogens with zero attached hydrogens (tertiary/aromatic N) is 2. The minimum Gasteiger partial charge on any atom is -0.344 e. The number of fused-ring (bicyclic) bond motifs is 1. The third-order valence-electron chi connectivity index (χ3n) is 5.91. The molecule has 1 aromatic heterocycles. The molecule has 0 saturated heterocycles. The van der Waals surface area contributed by atoms with Gasteiger partial charge in [0.05, 0.1) is 5.52 Å². The maximum Gasteiger partial charge on any atom is 0.129 e. The molecule has 0 spiro atoms. The lowest BCUT2D eigenvalue weighted by Crippen LogP contribution is -2.38. The molecule has 0 atom stereocenters. The van der Waals surface area contributed by atoms with E-state index in [4.69, 9.17) is 10.7 Å². The number of hydrogen-bond acceptors (Lipinski definition) is 4. The van der Waals surface area contributed by atoms with Crippen molar-refractivity contribution in [3.63, 3.8) is 0 Å². The normalized spacial score (nSPS) is 11.5. The lowest BCUT2D eigenvalue weighted by atomic mass is 9.89. The summed E-state index contributed by atoms with van der Waals surface area (Å²) in [4.78, 5) is 9.39. The first kappa shape index (κ1) is 22.0. The molecule has 150 valence electrons. The highest BCUT2D eigenvalue weighted by Gasteiger charge is 2.20. The maximum atomic E-state index is 6.43. The third-order valence-corrected chi connectivity index (χ3v) is 5.91. The van der Waals surface area contributed by atoms with Crippen LogP contribution < -0.4 is 11.9 Å². The zero-order valence-electron chi connectivity index (χ0n) is 17.8. The standard InChI is InChI=1S/C24H31N3.H3N/c1-5-18-10-8-9-17(4)23(18)19-11-12-21-20(15-19)16-26-22(27-21)13-14-24(25,6-2)7-3;/h8-12,15-16H,5-7,13-14,25H2,1-4H3;1H3. The minimum absolute atomic E-state index is 0. The molecule has 3 rings (SSSR count). The summed E-state index contributed by atoms with van der Waals surface area (Å²) in [5, 5.41) is 1.09. The first-order valence-corrected chi connectivity index (χ1v) is 10.1. The summed E-state index contributed by atoms with van der Waals surface area (Å²) in [6, 6.07) is 13.1. The fraction of sp³-hybridized carbons (Fsp3) is 0.417. The van der Waals surface area contributed by atoms with Crippen molar-refractivity contribution in [1.29, 1.82) is 0 Å². The van der Waals surface area contributed by atoms with Gasteiger partial charge in [0.25, 0.3) is 0 Å². The molecule has 0 aliphatic carbocycles. The van der Waals surface area contributed by atoms with Gasteiger partial charge < -0.3 is 11.9 Å². The van der Waals surface area contributed by atoms with E-state index in [1.54, 1.807) is 0 Å². The lowest BCUT2D eigenvalue weighted by Gasteiger charge is -2.26. The summed E-state index contributed by atoms with van der Waals surface area (Å²) in [5.74, 6) is 0.886. The fourth-order valence-electron chi connectivity index (χ4n) is 3.75. The smallest absolute Gasteiger partial charge is 0.129 e. The van der Waals surface area contributed by atoms with Crippen LogP contribution in [0.1, 0.15) is 57.0 Å². The van der Waals surface area contributed by atoms with Crippen molar-refractivity contribution in [2.45, 2.75) is 65.3 Å². The quantitative estimate of drug-likeness (QED) is 0.545. The molecule has 0 radical (unpaired) electrons. The molecule has 2 aromatic carbocycles. The van der Waals surface area contributed by atoms with Gasteiger partial charge in [-0.15, -0.1) is 0 Å². The average molecular weight is 379 g/mol. The van der Waals surface area contributed by atoms with E-state index in [1.165, 1.54) is 22.3 Å². The Hall–Kier alpha value is -2.30. The number of rotatable bonds is 7. The molecular weight excluding hydrogens is 344 g/mol. The summed E-state index contributed by atoms with van der Waals surface area (Å²) in [6.07, 6.45) is 6.70. The van der Waals surface area contributed by atoms with Gasteiger partial charge in [0.15, 0.2) is 0 Å². The molecule has 1 heterocycles. The number of nitrogens with two attached hydrogens (primary N) is 1. The minimum atomic E-state index is -0.108. The predicted molar refractivity (Wildman–Crippen MR) is 120 cm³/mol. The number of aryl methyl sites for hydroxylation is 3. The Balaban J connectivity index is 0.00000280. The van der Waals surface area contributed by atoms with Crippen molar-refractivity contribution >= 4 is 10.9 Å². The van der Waals surface area contributed by atoms with Gasteiger partial charge in [-0.3, -0.25) is 0 Å². The largest absolute Gasteiger partial charge is 0.344 e. The summed E-state index contributed by atoms with van der Waals surface area (Å²) in [5.41, 5.74) is 12.6. The van der Waals surface area contributed by atoms with Crippen molar-refractivity contribution in [1.82, 2.24) is 16.1 Å². The van der Waals surface area contributed by atoms with Crippen molar-refractivity contribution in [3.05, 3.63) is 59.5 Å². The Morgan fingerprint density at radius 1 is 1.04 bits per heavy atom. The van der Waals surface area contributed by atoms with Gasteiger partial charge in [0.2, 0.25) is 0 Å². The Labute approximate surface area is 169 Å². The molecule has 0 amide bonds. The van der Waals surface area contributed by atoms with Crippen LogP contribution in [-0.4, -0.2) is 15.5 Å². The topological polar surface area (TPSA) is 86.8 Å². The molecule has 0 saturated carbocycles. The molecule has 0 fully saturated rings. The first-order valence-electron chi connectivity index (χ1n) is 10.1. The number of aromatic nitrogens is 2. The summed E-state index contributed by atoms with van der Waals surface area (Å²) < 4.78 is 0. The van der Waals surface area contributed by atoms with E-state index < -0.39 is 0 Å². The van der Waals surface area contributed by atoms with Crippen LogP contribution in [0.15, 0.2) is 42.6 Å². The second-order valence-electron chi connectivity index (χ2n) is 7.59. The molecule has 0 aliphatic heterocycles. The van der Waals surface area contributed by atoms with Crippen LogP contribution in [-0.2, 0) is 12.8 Å². The number of benzene rings is 2. The molecule has 0 aliphatic rings. The van der Waals surface area contributed by atoms with Gasteiger partial charge in [0.1, 0.15) is 5.82 Å². The second-order valence-corrected chi connectivity index (χ2v) is 7.59. The van der Waals surface area contributed by atoms with E-state index in [0.29, 0.717) is 0 Å². The van der Waals surface area contributed by atoms with Crippen molar-refractivity contribution in [2.75, 3.05) is 0 Å². The van der Waals surface area contributed by atoms with Crippen LogP contribution in [0.5, 0.6) is 0 Å². The second kappa shape index (κ2) is 9.26. The molecule has 4 heteroatoms. The Morgan fingerprint density at radius 3 is 2.46 bits per heavy atom. The fourth-order valence-corrected chi connectivity index (χ4v) is 3.75. The summed E-state index contributed by atoms with van der Waals surface area (Å²) in [7, 11) is 0. The van der Waals surface area contributed by atoms with E-state index in [9.17, 15) is 0 Å². The first-order chi connectivity index (χ1) is 13.0. The molecule has 3 aromatic rings. The Bertz CT molecular complexity index is 929. The van der Waals surface area contributed by atoms with E-state index in [1.807, 2.05) is 6.20 Å². The Morgan fingerprint density at radius 2 is 1.79 bits per heavy atom. The van der Waals surface area contributed by atoms with E-state index >= 15 is 0 Å². The Kier molecular flexibility index (Phi) is 7.28.